The number of hydrogen-bond acceptors (Lipinski definition) is 4. The molecular formula is C13H24N4O2S. The fraction of sp³-hybridized carbons (Fsp3) is 0.769. The number of hydrogen-bond donors (Lipinski definition) is 1. The third-order valence-corrected chi connectivity index (χ3v) is 6.86. The molecule has 0 atom stereocenters. The Labute approximate surface area is 121 Å². The van der Waals surface area contributed by atoms with Crippen molar-refractivity contribution in [3.63, 3.8) is 0 Å². The zero-order valence-electron chi connectivity index (χ0n) is 12.7. The van der Waals surface area contributed by atoms with Crippen LogP contribution in [0.15, 0.2) is 4.90 Å². The second kappa shape index (κ2) is 5.13. The molecule has 20 heavy (non-hydrogen) atoms. The monoisotopic (exact) mass is 300 g/mol. The van der Waals surface area contributed by atoms with Crippen LogP contribution in [0.4, 0.5) is 0 Å². The van der Waals surface area contributed by atoms with Gasteiger partial charge in [-0.25, -0.2) is 8.42 Å². The molecule has 2 rings (SSSR count). The van der Waals surface area contributed by atoms with Crippen LogP contribution < -0.4 is 5.73 Å². The van der Waals surface area contributed by atoms with Crippen LogP contribution in [-0.2, 0) is 17.1 Å². The SMILES string of the molecule is Cc1nn(C)c(C)c1S(=O)(=O)N(C)C1(CN)CCCC1. The Hall–Kier alpha value is -0.920. The Bertz CT molecular complexity index is 600. The molecule has 0 bridgehead atoms. The van der Waals surface area contributed by atoms with Gasteiger partial charge in [0.1, 0.15) is 4.90 Å². The highest BCUT2D eigenvalue weighted by atomic mass is 32.2. The van der Waals surface area contributed by atoms with Crippen molar-refractivity contribution in [3.8, 4) is 0 Å². The van der Waals surface area contributed by atoms with Gasteiger partial charge in [-0.05, 0) is 26.7 Å². The highest BCUT2D eigenvalue weighted by Gasteiger charge is 2.44. The molecule has 1 aliphatic carbocycles. The van der Waals surface area contributed by atoms with Gasteiger partial charge in [0.25, 0.3) is 0 Å². The van der Waals surface area contributed by atoms with E-state index in [1.165, 1.54) is 4.31 Å². The number of aromatic nitrogens is 2. The van der Waals surface area contributed by atoms with Crippen molar-refractivity contribution in [2.24, 2.45) is 12.8 Å². The number of nitrogens with two attached hydrogens (primary N) is 1. The van der Waals surface area contributed by atoms with Crippen LogP contribution >= 0.6 is 0 Å². The third kappa shape index (κ3) is 2.17. The van der Waals surface area contributed by atoms with E-state index in [1.54, 1.807) is 32.6 Å². The number of sulfonamides is 1. The lowest BCUT2D eigenvalue weighted by Gasteiger charge is -2.36. The highest BCUT2D eigenvalue weighted by molar-refractivity contribution is 7.89. The molecule has 0 aromatic carbocycles. The molecule has 0 amide bonds. The molecule has 6 nitrogen and oxygen atoms in total. The summed E-state index contributed by atoms with van der Waals surface area (Å²) in [6, 6.07) is 0. The van der Waals surface area contributed by atoms with Crippen LogP contribution in [0.25, 0.3) is 0 Å². The molecule has 1 aromatic rings. The summed E-state index contributed by atoms with van der Waals surface area (Å²) in [5.74, 6) is 0. The second-order valence-electron chi connectivity index (χ2n) is 5.73. The molecule has 1 fully saturated rings. The Morgan fingerprint density at radius 3 is 2.30 bits per heavy atom. The van der Waals surface area contributed by atoms with E-state index < -0.39 is 15.6 Å². The molecule has 1 saturated carbocycles. The average molecular weight is 300 g/mol. The molecule has 7 heteroatoms. The molecule has 0 saturated heterocycles. The standard InChI is InChI=1S/C13H24N4O2S/c1-10-12(11(2)16(3)15-10)20(18,19)17(4)13(9-14)7-5-6-8-13/h5-9,14H2,1-4H3. The van der Waals surface area contributed by atoms with E-state index in [0.717, 1.165) is 25.7 Å². The first-order valence-corrected chi connectivity index (χ1v) is 8.39. The van der Waals surface area contributed by atoms with Gasteiger partial charge in [0.05, 0.1) is 11.4 Å². The molecule has 1 aromatic heterocycles. The minimum atomic E-state index is -3.56. The summed E-state index contributed by atoms with van der Waals surface area (Å²) < 4.78 is 29.0. The Morgan fingerprint density at radius 1 is 1.35 bits per heavy atom. The first-order valence-electron chi connectivity index (χ1n) is 6.95. The van der Waals surface area contributed by atoms with Gasteiger partial charge in [0.15, 0.2) is 0 Å². The molecule has 0 aliphatic heterocycles. The van der Waals surface area contributed by atoms with Gasteiger partial charge >= 0.3 is 0 Å². The summed E-state index contributed by atoms with van der Waals surface area (Å²) in [5.41, 5.74) is 6.67. The molecule has 114 valence electrons. The first-order chi connectivity index (χ1) is 9.26. The van der Waals surface area contributed by atoms with Crippen LogP contribution in [0.5, 0.6) is 0 Å². The minimum Gasteiger partial charge on any atom is -0.329 e. The maximum absolute atomic E-state index is 13.0. The second-order valence-corrected chi connectivity index (χ2v) is 7.64. The Morgan fingerprint density at radius 2 is 1.90 bits per heavy atom. The van der Waals surface area contributed by atoms with Crippen molar-refractivity contribution >= 4 is 10.0 Å². The maximum Gasteiger partial charge on any atom is 0.247 e. The van der Waals surface area contributed by atoms with Gasteiger partial charge in [-0.2, -0.15) is 9.40 Å². The first kappa shape index (κ1) is 15.5. The van der Waals surface area contributed by atoms with Gasteiger partial charge in [-0.1, -0.05) is 12.8 Å². The summed E-state index contributed by atoms with van der Waals surface area (Å²) in [5, 5.41) is 4.21. The summed E-state index contributed by atoms with van der Waals surface area (Å²) in [6.45, 7) is 3.88. The average Bonchev–Trinajstić information content (AvgIpc) is 2.95. The zero-order chi connectivity index (χ0) is 15.1. The van der Waals surface area contributed by atoms with Gasteiger partial charge in [-0.15, -0.1) is 0 Å². The van der Waals surface area contributed by atoms with Gasteiger partial charge in [-0.3, -0.25) is 4.68 Å². The lowest BCUT2D eigenvalue weighted by molar-refractivity contribution is 0.230. The minimum absolute atomic E-state index is 0.322. The van der Waals surface area contributed by atoms with Crippen molar-refractivity contribution in [1.82, 2.24) is 14.1 Å². The fourth-order valence-electron chi connectivity index (χ4n) is 3.20. The van der Waals surface area contributed by atoms with Crippen LogP contribution in [0, 0.1) is 13.8 Å². The van der Waals surface area contributed by atoms with E-state index in [0.29, 0.717) is 22.8 Å². The van der Waals surface area contributed by atoms with E-state index in [9.17, 15) is 8.42 Å². The fourth-order valence-corrected chi connectivity index (χ4v) is 5.16. The van der Waals surface area contributed by atoms with Crippen LogP contribution in [-0.4, -0.2) is 41.6 Å². The summed E-state index contributed by atoms with van der Waals surface area (Å²) in [6.07, 6.45) is 3.72. The smallest absolute Gasteiger partial charge is 0.247 e. The number of likely N-dealkylation sites (N-methyl/N-ethyl adjacent to an activating group) is 1. The number of nitrogens with zero attached hydrogens (tertiary/aromatic N) is 3. The van der Waals surface area contributed by atoms with E-state index in [-0.39, 0.29) is 0 Å². The van der Waals surface area contributed by atoms with E-state index in [1.807, 2.05) is 0 Å². The van der Waals surface area contributed by atoms with Crippen LogP contribution in [0.2, 0.25) is 0 Å². The highest BCUT2D eigenvalue weighted by Crippen LogP contribution is 2.37. The predicted molar refractivity (Wildman–Crippen MR) is 77.9 cm³/mol. The lowest BCUT2D eigenvalue weighted by atomic mass is 9.98. The van der Waals surface area contributed by atoms with Crippen molar-refractivity contribution in [1.29, 1.82) is 0 Å². The Balaban J connectivity index is 2.49. The lowest BCUT2D eigenvalue weighted by Crippen LogP contribution is -2.52. The summed E-state index contributed by atoms with van der Waals surface area (Å²) in [7, 11) is -0.152. The molecule has 2 N–H and O–H groups in total. The van der Waals surface area contributed by atoms with Crippen LogP contribution in [0.1, 0.15) is 37.1 Å². The van der Waals surface area contributed by atoms with E-state index in [2.05, 4.69) is 5.10 Å². The van der Waals surface area contributed by atoms with Crippen LogP contribution in [0.3, 0.4) is 0 Å². The molecule has 0 unspecified atom stereocenters. The molecule has 0 radical (unpaired) electrons. The van der Waals surface area contributed by atoms with E-state index in [4.69, 9.17) is 5.73 Å². The largest absolute Gasteiger partial charge is 0.329 e. The van der Waals surface area contributed by atoms with Crippen molar-refractivity contribution in [2.45, 2.75) is 50.0 Å². The predicted octanol–water partition coefficient (Wildman–Crippen LogP) is 0.929. The normalized spacial score (nSPS) is 18.9. The quantitative estimate of drug-likeness (QED) is 0.897. The number of rotatable bonds is 4. The number of aryl methyl sites for hydroxylation is 2. The molecular weight excluding hydrogens is 276 g/mol. The zero-order valence-corrected chi connectivity index (χ0v) is 13.5. The van der Waals surface area contributed by atoms with Crippen molar-refractivity contribution in [3.05, 3.63) is 11.4 Å². The van der Waals surface area contributed by atoms with Gasteiger partial charge in [0.2, 0.25) is 10.0 Å². The summed E-state index contributed by atoms with van der Waals surface area (Å²) in [4.78, 5) is 0.322. The summed E-state index contributed by atoms with van der Waals surface area (Å²) >= 11 is 0. The van der Waals surface area contributed by atoms with E-state index >= 15 is 0 Å². The Kier molecular flexibility index (Phi) is 3.96. The third-order valence-electron chi connectivity index (χ3n) is 4.64. The maximum atomic E-state index is 13.0. The molecule has 1 aliphatic rings. The molecule has 1 heterocycles. The van der Waals surface area contributed by atoms with Gasteiger partial charge in [0, 0.05) is 26.2 Å². The van der Waals surface area contributed by atoms with Gasteiger partial charge < -0.3 is 5.73 Å². The molecule has 0 spiro atoms. The topological polar surface area (TPSA) is 81.2 Å². The van der Waals surface area contributed by atoms with Crippen molar-refractivity contribution in [2.75, 3.05) is 13.6 Å². The van der Waals surface area contributed by atoms with Crippen molar-refractivity contribution < 1.29 is 8.42 Å².